The minimum Gasteiger partial charge on any atom is -0.320 e. The summed E-state index contributed by atoms with van der Waals surface area (Å²) in [6.07, 6.45) is 3.16. The van der Waals surface area contributed by atoms with Crippen LogP contribution in [-0.4, -0.2) is 32.0 Å². The minimum absolute atomic E-state index is 0.163. The summed E-state index contributed by atoms with van der Waals surface area (Å²) in [6, 6.07) is 2.11. The average Bonchev–Trinajstić information content (AvgIpc) is 3.10. The van der Waals surface area contributed by atoms with Gasteiger partial charge in [-0.2, -0.15) is 0 Å². The molecule has 2 heterocycles. The maximum Gasteiger partial charge on any atom is 0.272 e. The molecule has 1 unspecified atom stereocenters. The highest BCUT2D eigenvalue weighted by molar-refractivity contribution is 7.94. The number of thiophene rings is 1. The molecule has 0 spiro atoms. The lowest BCUT2D eigenvalue weighted by Crippen LogP contribution is -2.36. The van der Waals surface area contributed by atoms with Crippen LogP contribution in [0.1, 0.15) is 39.9 Å². The third kappa shape index (κ3) is 8.17. The SMILES string of the molecule is CC.CC(C)C[C@H](N)C(=O)N=S(=O)(NC(=O)Cc1ncccn1)c1cc(Cl)cs1. The molecule has 0 aliphatic rings. The molecule has 2 aromatic rings. The van der Waals surface area contributed by atoms with Crippen LogP contribution in [-0.2, 0) is 25.9 Å². The van der Waals surface area contributed by atoms with Crippen molar-refractivity contribution in [3.8, 4) is 0 Å². The molecule has 160 valence electrons. The van der Waals surface area contributed by atoms with Crippen molar-refractivity contribution in [2.75, 3.05) is 0 Å². The second-order valence-electron chi connectivity index (χ2n) is 6.14. The van der Waals surface area contributed by atoms with Gasteiger partial charge in [0.1, 0.15) is 10.0 Å². The highest BCUT2D eigenvalue weighted by Gasteiger charge is 2.24. The molecule has 2 rings (SSSR count). The number of amides is 2. The quantitative estimate of drug-likeness (QED) is 0.654. The van der Waals surface area contributed by atoms with Gasteiger partial charge in [-0.25, -0.2) is 14.2 Å². The first-order valence-electron chi connectivity index (χ1n) is 9.06. The molecule has 11 heteroatoms. The number of aromatic nitrogens is 2. The fourth-order valence-electron chi connectivity index (χ4n) is 2.12. The Labute approximate surface area is 180 Å². The van der Waals surface area contributed by atoms with E-state index in [4.69, 9.17) is 17.3 Å². The lowest BCUT2D eigenvalue weighted by atomic mass is 10.0. The highest BCUT2D eigenvalue weighted by atomic mass is 35.5. The molecule has 0 aromatic carbocycles. The summed E-state index contributed by atoms with van der Waals surface area (Å²) in [7, 11) is -3.57. The molecule has 0 radical (unpaired) electrons. The predicted molar refractivity (Wildman–Crippen MR) is 116 cm³/mol. The Kier molecular flexibility index (Phi) is 10.4. The third-order valence-electron chi connectivity index (χ3n) is 3.27. The van der Waals surface area contributed by atoms with Crippen molar-refractivity contribution in [1.29, 1.82) is 0 Å². The van der Waals surface area contributed by atoms with Crippen molar-refractivity contribution in [1.82, 2.24) is 14.7 Å². The average molecular weight is 460 g/mol. The van der Waals surface area contributed by atoms with Crippen molar-refractivity contribution in [2.45, 2.75) is 50.8 Å². The van der Waals surface area contributed by atoms with Gasteiger partial charge in [-0.05, 0) is 24.5 Å². The second-order valence-corrected chi connectivity index (χ2v) is 9.63. The number of nitrogens with one attached hydrogen (secondary N) is 1. The van der Waals surface area contributed by atoms with Crippen LogP contribution >= 0.6 is 22.9 Å². The van der Waals surface area contributed by atoms with Crippen molar-refractivity contribution < 1.29 is 13.8 Å². The first-order chi connectivity index (χ1) is 13.7. The Morgan fingerprint density at radius 2 is 1.93 bits per heavy atom. The molecule has 0 aliphatic heterocycles. The number of nitrogens with two attached hydrogens (primary N) is 1. The zero-order chi connectivity index (χ0) is 22.0. The van der Waals surface area contributed by atoms with Gasteiger partial charge < -0.3 is 5.73 Å². The molecular weight excluding hydrogens is 434 g/mol. The van der Waals surface area contributed by atoms with Crippen LogP contribution in [0.5, 0.6) is 0 Å². The number of hydrogen-bond acceptors (Lipinski definition) is 7. The van der Waals surface area contributed by atoms with Gasteiger partial charge in [-0.3, -0.25) is 14.3 Å². The zero-order valence-electron chi connectivity index (χ0n) is 16.8. The van der Waals surface area contributed by atoms with E-state index in [0.29, 0.717) is 11.4 Å². The molecule has 29 heavy (non-hydrogen) atoms. The first-order valence-corrected chi connectivity index (χ1v) is 11.8. The number of nitrogens with zero attached hydrogens (tertiary/aromatic N) is 3. The van der Waals surface area contributed by atoms with E-state index >= 15 is 0 Å². The Bertz CT molecular complexity index is 925. The normalized spacial score (nSPS) is 13.6. The third-order valence-corrected chi connectivity index (χ3v) is 6.91. The monoisotopic (exact) mass is 459 g/mol. The Balaban J connectivity index is 0.00000204. The van der Waals surface area contributed by atoms with Gasteiger partial charge in [0.2, 0.25) is 5.91 Å². The fourth-order valence-corrected chi connectivity index (χ4v) is 5.18. The molecule has 0 bridgehead atoms. The summed E-state index contributed by atoms with van der Waals surface area (Å²) in [4.78, 5) is 32.6. The maximum absolute atomic E-state index is 13.3. The number of rotatable bonds is 7. The molecule has 0 aliphatic carbocycles. The largest absolute Gasteiger partial charge is 0.320 e. The summed E-state index contributed by atoms with van der Waals surface area (Å²) in [5, 5.41) is 1.87. The molecule has 2 aromatic heterocycles. The molecule has 2 atom stereocenters. The molecule has 2 amide bonds. The van der Waals surface area contributed by atoms with E-state index in [1.54, 1.807) is 6.07 Å². The summed E-state index contributed by atoms with van der Waals surface area (Å²) < 4.78 is 19.6. The molecule has 8 nitrogen and oxygen atoms in total. The van der Waals surface area contributed by atoms with Crippen LogP contribution in [0.4, 0.5) is 0 Å². The van der Waals surface area contributed by atoms with Gasteiger partial charge >= 0.3 is 0 Å². The summed E-state index contributed by atoms with van der Waals surface area (Å²) in [5.74, 6) is -0.959. The minimum atomic E-state index is -3.57. The topological polar surface area (TPSA) is 127 Å². The zero-order valence-corrected chi connectivity index (χ0v) is 19.2. The molecule has 3 N–H and O–H groups in total. The molecular formula is C18H26ClN5O3S2. The van der Waals surface area contributed by atoms with Crippen molar-refractivity contribution >= 4 is 44.7 Å². The van der Waals surface area contributed by atoms with Gasteiger partial charge in [-0.15, -0.1) is 15.7 Å². The van der Waals surface area contributed by atoms with Crippen molar-refractivity contribution in [3.63, 3.8) is 0 Å². The predicted octanol–water partition coefficient (Wildman–Crippen LogP) is 3.22. The Morgan fingerprint density at radius 1 is 1.31 bits per heavy atom. The van der Waals surface area contributed by atoms with Gasteiger partial charge in [0, 0.05) is 17.8 Å². The Hall–Kier alpha value is -1.88. The van der Waals surface area contributed by atoms with E-state index in [1.807, 2.05) is 27.7 Å². The summed E-state index contributed by atoms with van der Waals surface area (Å²) in [6.45, 7) is 7.82. The van der Waals surface area contributed by atoms with E-state index < -0.39 is 27.8 Å². The number of halogens is 1. The van der Waals surface area contributed by atoms with E-state index in [0.717, 1.165) is 11.3 Å². The van der Waals surface area contributed by atoms with Crippen molar-refractivity contribution in [3.05, 3.63) is 40.8 Å². The van der Waals surface area contributed by atoms with Crippen LogP contribution < -0.4 is 10.5 Å². The standard InChI is InChI=1S/C16H20ClN5O3S2.C2H6/c1-10(2)6-12(18)16(24)22-27(25,15-7-11(17)9-26-15)21-14(23)8-13-19-4-3-5-20-13;1-2/h3-5,7,9-10,12H,6,8,18H2,1-2H3,(H,21,22,23,24,25);1-2H3/t12-,27?;/m0./s1. The molecule has 0 saturated carbocycles. The van der Waals surface area contributed by atoms with Gasteiger partial charge in [0.25, 0.3) is 5.91 Å². The molecule has 0 saturated heterocycles. The fraction of sp³-hybridized carbons (Fsp3) is 0.444. The van der Waals surface area contributed by atoms with Gasteiger partial charge in [0.05, 0.1) is 17.5 Å². The van der Waals surface area contributed by atoms with Crippen LogP contribution in [0.2, 0.25) is 5.02 Å². The van der Waals surface area contributed by atoms with E-state index in [1.165, 1.54) is 23.8 Å². The van der Waals surface area contributed by atoms with Crippen LogP contribution in [0.3, 0.4) is 0 Å². The van der Waals surface area contributed by atoms with Crippen molar-refractivity contribution in [2.24, 2.45) is 16.0 Å². The van der Waals surface area contributed by atoms with E-state index in [-0.39, 0.29) is 22.4 Å². The number of carbonyl (C=O) groups excluding carboxylic acids is 2. The first kappa shape index (κ1) is 25.2. The van der Waals surface area contributed by atoms with Crippen LogP contribution in [0, 0.1) is 5.92 Å². The lowest BCUT2D eigenvalue weighted by molar-refractivity contribution is -0.119. The second kappa shape index (κ2) is 12.0. The van der Waals surface area contributed by atoms with Crippen LogP contribution in [0.15, 0.2) is 38.5 Å². The van der Waals surface area contributed by atoms with Crippen LogP contribution in [0.25, 0.3) is 0 Å². The summed E-state index contributed by atoms with van der Waals surface area (Å²) in [5.41, 5.74) is 5.84. The number of hydrogen-bond donors (Lipinski definition) is 2. The van der Waals surface area contributed by atoms with Gasteiger partial charge in [-0.1, -0.05) is 39.3 Å². The smallest absolute Gasteiger partial charge is 0.272 e. The molecule has 0 fully saturated rings. The maximum atomic E-state index is 13.3. The van der Waals surface area contributed by atoms with E-state index in [2.05, 4.69) is 19.1 Å². The van der Waals surface area contributed by atoms with Gasteiger partial charge in [0.15, 0.2) is 9.92 Å². The number of carbonyl (C=O) groups is 2. The van der Waals surface area contributed by atoms with E-state index in [9.17, 15) is 13.8 Å². The summed E-state index contributed by atoms with van der Waals surface area (Å²) >= 11 is 6.93. The Morgan fingerprint density at radius 3 is 2.45 bits per heavy atom. The highest BCUT2D eigenvalue weighted by Crippen LogP contribution is 2.25. The lowest BCUT2D eigenvalue weighted by Gasteiger charge is -2.13.